The molecule has 3 heteroatoms. The summed E-state index contributed by atoms with van der Waals surface area (Å²) in [6.45, 7) is 2.84. The number of benzene rings is 1. The second-order valence-corrected chi connectivity index (χ2v) is 5.20. The Morgan fingerprint density at radius 1 is 1.31 bits per heavy atom. The van der Waals surface area contributed by atoms with Crippen molar-refractivity contribution >= 4 is 11.6 Å². The maximum absolute atomic E-state index is 6.21. The fourth-order valence-corrected chi connectivity index (χ4v) is 2.64. The van der Waals surface area contributed by atoms with Crippen LogP contribution in [0.3, 0.4) is 0 Å². The largest absolute Gasteiger partial charge is 0.492 e. The first-order valence-electron chi connectivity index (χ1n) is 5.93. The zero-order valence-electron chi connectivity index (χ0n) is 9.42. The number of fused-ring (bicyclic) bond motifs is 1. The molecule has 1 saturated carbocycles. The van der Waals surface area contributed by atoms with Gasteiger partial charge in [0, 0.05) is 24.1 Å². The van der Waals surface area contributed by atoms with E-state index in [1.54, 1.807) is 0 Å². The Kier molecular flexibility index (Phi) is 2.56. The molecule has 1 fully saturated rings. The molecule has 1 aromatic carbocycles. The third-order valence-electron chi connectivity index (χ3n) is 3.26. The third kappa shape index (κ3) is 1.92. The molecule has 1 aromatic rings. The van der Waals surface area contributed by atoms with Crippen molar-refractivity contribution in [3.05, 3.63) is 28.3 Å². The maximum Gasteiger partial charge on any atom is 0.142 e. The van der Waals surface area contributed by atoms with Crippen molar-refractivity contribution in [3.8, 4) is 5.75 Å². The number of halogens is 1. The Bertz CT molecular complexity index is 415. The molecule has 86 valence electrons. The monoisotopic (exact) mass is 237 g/mol. The van der Waals surface area contributed by atoms with E-state index >= 15 is 0 Å². The first-order valence-corrected chi connectivity index (χ1v) is 6.31. The summed E-state index contributed by atoms with van der Waals surface area (Å²) < 4.78 is 5.67. The molecule has 1 unspecified atom stereocenters. The van der Waals surface area contributed by atoms with Crippen LogP contribution >= 0.6 is 11.6 Å². The van der Waals surface area contributed by atoms with Gasteiger partial charge in [-0.05, 0) is 31.4 Å². The van der Waals surface area contributed by atoms with Gasteiger partial charge in [-0.15, -0.1) is 0 Å². The molecule has 1 atom stereocenters. The van der Waals surface area contributed by atoms with Crippen LogP contribution in [-0.2, 0) is 0 Å². The minimum absolute atomic E-state index is 0.425. The van der Waals surface area contributed by atoms with Crippen LogP contribution in [0.15, 0.2) is 12.1 Å². The summed E-state index contributed by atoms with van der Waals surface area (Å²) in [6, 6.07) is 5.31. The van der Waals surface area contributed by atoms with E-state index in [1.807, 2.05) is 6.07 Å². The molecule has 2 nitrogen and oxygen atoms in total. The topological polar surface area (TPSA) is 21.3 Å². The van der Waals surface area contributed by atoms with Gasteiger partial charge in [-0.3, -0.25) is 0 Å². The summed E-state index contributed by atoms with van der Waals surface area (Å²) in [5, 5.41) is 4.41. The highest BCUT2D eigenvalue weighted by Crippen LogP contribution is 2.39. The van der Waals surface area contributed by atoms with Gasteiger partial charge >= 0.3 is 0 Å². The number of hydrogen-bond donors (Lipinski definition) is 1. The predicted octanol–water partition coefficient (Wildman–Crippen LogP) is 3.22. The van der Waals surface area contributed by atoms with Crippen molar-refractivity contribution in [1.82, 2.24) is 5.32 Å². The number of ether oxygens (including phenoxy) is 1. The number of hydrogen-bond acceptors (Lipinski definition) is 2. The summed E-state index contributed by atoms with van der Waals surface area (Å²) in [7, 11) is 0. The van der Waals surface area contributed by atoms with E-state index < -0.39 is 0 Å². The average molecular weight is 238 g/mol. The van der Waals surface area contributed by atoms with E-state index in [9.17, 15) is 0 Å². The Balaban J connectivity index is 1.95. The second kappa shape index (κ2) is 3.94. The van der Waals surface area contributed by atoms with Crippen molar-refractivity contribution in [2.24, 2.45) is 0 Å². The highest BCUT2D eigenvalue weighted by molar-refractivity contribution is 6.32. The average Bonchev–Trinajstić information content (AvgIpc) is 3.03. The SMILES string of the molecule is Cc1cc(Cl)c2c(c1)C(NC1CC1)CCO2. The smallest absolute Gasteiger partial charge is 0.142 e. The van der Waals surface area contributed by atoms with Crippen molar-refractivity contribution < 1.29 is 4.74 Å². The first kappa shape index (κ1) is 10.4. The molecule has 0 amide bonds. The molecule has 1 aliphatic heterocycles. The quantitative estimate of drug-likeness (QED) is 0.853. The molecule has 1 N–H and O–H groups in total. The Morgan fingerprint density at radius 2 is 2.12 bits per heavy atom. The van der Waals surface area contributed by atoms with Gasteiger partial charge < -0.3 is 10.1 Å². The normalized spacial score (nSPS) is 23.8. The number of nitrogens with one attached hydrogen (secondary N) is 1. The maximum atomic E-state index is 6.21. The van der Waals surface area contributed by atoms with E-state index in [0.29, 0.717) is 6.04 Å². The zero-order chi connectivity index (χ0) is 11.1. The van der Waals surface area contributed by atoms with Crippen molar-refractivity contribution in [1.29, 1.82) is 0 Å². The third-order valence-corrected chi connectivity index (χ3v) is 3.54. The van der Waals surface area contributed by atoms with Gasteiger partial charge in [-0.2, -0.15) is 0 Å². The van der Waals surface area contributed by atoms with Crippen LogP contribution < -0.4 is 10.1 Å². The summed E-state index contributed by atoms with van der Waals surface area (Å²) in [4.78, 5) is 0. The van der Waals surface area contributed by atoms with E-state index in [2.05, 4.69) is 18.3 Å². The summed E-state index contributed by atoms with van der Waals surface area (Å²) in [5.41, 5.74) is 2.44. The fraction of sp³-hybridized carbons (Fsp3) is 0.538. The molecular weight excluding hydrogens is 222 g/mol. The van der Waals surface area contributed by atoms with Crippen LogP contribution in [0, 0.1) is 6.92 Å². The van der Waals surface area contributed by atoms with Crippen molar-refractivity contribution in [2.45, 2.75) is 38.3 Å². The van der Waals surface area contributed by atoms with Gasteiger partial charge in [0.2, 0.25) is 0 Å². The molecule has 0 radical (unpaired) electrons. The van der Waals surface area contributed by atoms with Crippen LogP contribution in [0.2, 0.25) is 5.02 Å². The summed E-state index contributed by atoms with van der Waals surface area (Å²) in [5.74, 6) is 0.886. The molecule has 0 bridgehead atoms. The number of aryl methyl sites for hydroxylation is 1. The highest BCUT2D eigenvalue weighted by Gasteiger charge is 2.29. The van der Waals surface area contributed by atoms with Crippen LogP contribution in [0.1, 0.15) is 36.4 Å². The summed E-state index contributed by atoms with van der Waals surface area (Å²) in [6.07, 6.45) is 3.67. The van der Waals surface area contributed by atoms with Gasteiger partial charge in [-0.1, -0.05) is 17.7 Å². The van der Waals surface area contributed by atoms with Gasteiger partial charge in [0.1, 0.15) is 5.75 Å². The lowest BCUT2D eigenvalue weighted by molar-refractivity contribution is 0.252. The van der Waals surface area contributed by atoms with Crippen LogP contribution in [0.25, 0.3) is 0 Å². The minimum Gasteiger partial charge on any atom is -0.492 e. The Labute approximate surface area is 101 Å². The molecule has 3 rings (SSSR count). The fourth-order valence-electron chi connectivity index (χ4n) is 2.31. The standard InChI is InChI=1S/C13H16ClNO/c1-8-6-10-12(15-9-2-3-9)4-5-16-13(10)11(14)7-8/h6-7,9,12,15H,2-5H2,1H3. The van der Waals surface area contributed by atoms with E-state index in [-0.39, 0.29) is 0 Å². The second-order valence-electron chi connectivity index (χ2n) is 4.80. The van der Waals surface area contributed by atoms with Crippen molar-refractivity contribution in [3.63, 3.8) is 0 Å². The Hall–Kier alpha value is -0.730. The van der Waals surface area contributed by atoms with Crippen LogP contribution in [0.5, 0.6) is 5.75 Å². The minimum atomic E-state index is 0.425. The Morgan fingerprint density at radius 3 is 2.88 bits per heavy atom. The van der Waals surface area contributed by atoms with Crippen LogP contribution in [0.4, 0.5) is 0 Å². The lowest BCUT2D eigenvalue weighted by Crippen LogP contribution is -2.28. The van der Waals surface area contributed by atoms with Gasteiger partial charge in [0.25, 0.3) is 0 Å². The predicted molar refractivity (Wildman–Crippen MR) is 65.2 cm³/mol. The van der Waals surface area contributed by atoms with E-state index in [1.165, 1.54) is 24.0 Å². The lowest BCUT2D eigenvalue weighted by atomic mass is 9.98. The van der Waals surface area contributed by atoms with Gasteiger partial charge in [-0.25, -0.2) is 0 Å². The number of rotatable bonds is 2. The van der Waals surface area contributed by atoms with Gasteiger partial charge in [0.15, 0.2) is 0 Å². The van der Waals surface area contributed by atoms with Gasteiger partial charge in [0.05, 0.1) is 11.6 Å². The molecule has 1 aliphatic carbocycles. The van der Waals surface area contributed by atoms with E-state index in [0.717, 1.165) is 29.8 Å². The molecule has 2 aliphatic rings. The van der Waals surface area contributed by atoms with E-state index in [4.69, 9.17) is 16.3 Å². The molecular formula is C13H16ClNO. The highest BCUT2D eigenvalue weighted by atomic mass is 35.5. The molecule has 16 heavy (non-hydrogen) atoms. The first-order chi connectivity index (χ1) is 7.74. The van der Waals surface area contributed by atoms with Crippen molar-refractivity contribution in [2.75, 3.05) is 6.61 Å². The lowest BCUT2D eigenvalue weighted by Gasteiger charge is -2.28. The zero-order valence-corrected chi connectivity index (χ0v) is 10.2. The molecule has 0 saturated heterocycles. The molecule has 0 aromatic heterocycles. The summed E-state index contributed by atoms with van der Waals surface area (Å²) >= 11 is 6.21. The molecule has 0 spiro atoms. The molecule has 1 heterocycles. The van der Waals surface area contributed by atoms with Crippen LogP contribution in [-0.4, -0.2) is 12.6 Å².